The first-order chi connectivity index (χ1) is 16.7. The average molecular weight is 500 g/mol. The summed E-state index contributed by atoms with van der Waals surface area (Å²) in [5.41, 5.74) is 5.69. The summed E-state index contributed by atoms with van der Waals surface area (Å²) in [6, 6.07) is 5.91. The summed E-state index contributed by atoms with van der Waals surface area (Å²) < 4.78 is 44.7. The number of hydrogen-bond acceptors (Lipinski definition) is 11. The van der Waals surface area contributed by atoms with Crippen molar-refractivity contribution in [3.05, 3.63) is 59.1 Å². The number of phenols is 1. The van der Waals surface area contributed by atoms with E-state index in [4.69, 9.17) is 14.0 Å². The number of aliphatic hydroxyl groups is 1. The number of para-hydroxylation sites is 1. The normalized spacial score (nSPS) is 13.8. The summed E-state index contributed by atoms with van der Waals surface area (Å²) >= 11 is 0. The molecule has 14 heteroatoms. The number of aliphatic hydroxyl groups excluding tert-OH is 1. The van der Waals surface area contributed by atoms with Gasteiger partial charge >= 0.3 is 0 Å². The van der Waals surface area contributed by atoms with Gasteiger partial charge in [-0.25, -0.2) is 13.4 Å². The topological polar surface area (TPSA) is 174 Å². The summed E-state index contributed by atoms with van der Waals surface area (Å²) in [5, 5.41) is 32.6. The van der Waals surface area contributed by atoms with Gasteiger partial charge in [0.1, 0.15) is 40.5 Å². The van der Waals surface area contributed by atoms with E-state index < -0.39 is 21.9 Å². The third kappa shape index (κ3) is 4.95. The van der Waals surface area contributed by atoms with Crippen LogP contribution in [0.15, 0.2) is 51.3 Å². The minimum atomic E-state index is -4.21. The smallest absolute Gasteiger partial charge is 0.243 e. The van der Waals surface area contributed by atoms with E-state index in [0.29, 0.717) is 5.76 Å². The number of aromatic nitrogens is 4. The fraction of sp³-hybridized carbons (Fsp3) is 0.238. The first kappa shape index (κ1) is 23.8. The highest BCUT2D eigenvalue weighted by Crippen LogP contribution is 2.36. The predicted octanol–water partition coefficient (Wildman–Crippen LogP) is 1.46. The van der Waals surface area contributed by atoms with E-state index in [1.807, 2.05) is 0 Å². The van der Waals surface area contributed by atoms with Crippen LogP contribution in [0.25, 0.3) is 11.4 Å². The van der Waals surface area contributed by atoms with E-state index in [0.717, 1.165) is 0 Å². The summed E-state index contributed by atoms with van der Waals surface area (Å²) in [6.07, 6.45) is -0.0232. The number of methoxy groups -OCH3 is 2. The van der Waals surface area contributed by atoms with E-state index in [9.17, 15) is 18.6 Å². The second-order valence-corrected chi connectivity index (χ2v) is 8.96. The molecule has 0 bridgehead atoms. The lowest BCUT2D eigenvalue weighted by atomic mass is 10.2. The van der Waals surface area contributed by atoms with Gasteiger partial charge in [-0.1, -0.05) is 17.0 Å². The zero-order valence-corrected chi connectivity index (χ0v) is 19.6. The van der Waals surface area contributed by atoms with E-state index in [-0.39, 0.29) is 46.2 Å². The van der Waals surface area contributed by atoms with Crippen molar-refractivity contribution in [2.24, 2.45) is 4.99 Å². The van der Waals surface area contributed by atoms with E-state index >= 15 is 0 Å². The van der Waals surface area contributed by atoms with Gasteiger partial charge in [0.05, 0.1) is 20.3 Å². The Kier molecular flexibility index (Phi) is 6.45. The number of rotatable bonds is 8. The summed E-state index contributed by atoms with van der Waals surface area (Å²) in [6.45, 7) is 1.61. The SMILES string of the molecule is COC1=NC(c2nnc(NS(=O)(=O)C[C@@H](O)c3cc(C)on3)n2-c2c(O)cccc2OC)=C=C=C1. The Bertz CT molecular complexity index is 1510. The van der Waals surface area contributed by atoms with Gasteiger partial charge in [0.25, 0.3) is 0 Å². The maximum Gasteiger partial charge on any atom is 0.243 e. The van der Waals surface area contributed by atoms with E-state index in [2.05, 4.69) is 36.5 Å². The van der Waals surface area contributed by atoms with Crippen molar-refractivity contribution in [3.63, 3.8) is 0 Å². The highest BCUT2D eigenvalue weighted by molar-refractivity contribution is 7.92. The third-order valence-corrected chi connectivity index (χ3v) is 5.97. The quantitative estimate of drug-likeness (QED) is 0.384. The molecule has 1 aliphatic heterocycles. The fourth-order valence-electron chi connectivity index (χ4n) is 3.18. The molecular formula is C21H20N6O7S. The average Bonchev–Trinajstić information content (AvgIpc) is 3.44. The lowest BCUT2D eigenvalue weighted by molar-refractivity contribution is 0.190. The molecule has 1 aromatic carbocycles. The number of hydrogen-bond donors (Lipinski definition) is 3. The number of phenolic OH excluding ortho intramolecular Hbond substituents is 1. The van der Waals surface area contributed by atoms with Crippen molar-refractivity contribution < 1.29 is 32.6 Å². The molecule has 1 aliphatic rings. The number of benzene rings is 1. The minimum absolute atomic E-state index is 0.00493. The van der Waals surface area contributed by atoms with Crippen LogP contribution in [0, 0.1) is 6.92 Å². The number of anilines is 1. The highest BCUT2D eigenvalue weighted by atomic mass is 32.2. The second-order valence-electron chi connectivity index (χ2n) is 7.19. The number of nitrogens with zero attached hydrogens (tertiary/aromatic N) is 5. The Morgan fingerprint density at radius 1 is 1.26 bits per heavy atom. The van der Waals surface area contributed by atoms with Crippen molar-refractivity contribution in [1.29, 1.82) is 0 Å². The number of ether oxygens (including phenoxy) is 2. The van der Waals surface area contributed by atoms with Gasteiger partial charge in [0.2, 0.25) is 21.9 Å². The van der Waals surface area contributed by atoms with Crippen molar-refractivity contribution in [2.45, 2.75) is 13.0 Å². The van der Waals surface area contributed by atoms with E-state index in [1.165, 1.54) is 37.0 Å². The van der Waals surface area contributed by atoms with Crippen LogP contribution in [0.1, 0.15) is 23.4 Å². The molecule has 0 radical (unpaired) electrons. The third-order valence-electron chi connectivity index (χ3n) is 4.73. The van der Waals surface area contributed by atoms with Gasteiger partial charge in [-0.15, -0.1) is 10.2 Å². The van der Waals surface area contributed by atoms with Gasteiger partial charge in [0, 0.05) is 6.07 Å². The Morgan fingerprint density at radius 3 is 2.74 bits per heavy atom. The molecule has 0 amide bonds. The number of aliphatic imine (C=N–C) groups is 1. The molecule has 0 unspecified atom stereocenters. The van der Waals surface area contributed by atoms with Crippen LogP contribution in [0.4, 0.5) is 5.95 Å². The van der Waals surface area contributed by atoms with Gasteiger partial charge in [-0.05, 0) is 24.8 Å². The molecule has 0 saturated heterocycles. The van der Waals surface area contributed by atoms with Crippen LogP contribution in [-0.2, 0) is 14.8 Å². The second kappa shape index (κ2) is 9.49. The van der Waals surface area contributed by atoms with E-state index in [1.54, 1.807) is 19.1 Å². The molecule has 0 saturated carbocycles. The van der Waals surface area contributed by atoms with Gasteiger partial charge in [0.15, 0.2) is 11.5 Å². The zero-order valence-electron chi connectivity index (χ0n) is 18.8. The molecule has 1 atom stereocenters. The molecule has 3 N–H and O–H groups in total. The molecular weight excluding hydrogens is 480 g/mol. The number of nitrogens with one attached hydrogen (secondary N) is 1. The predicted molar refractivity (Wildman–Crippen MR) is 123 cm³/mol. The van der Waals surface area contributed by atoms with Crippen LogP contribution in [0.2, 0.25) is 0 Å². The maximum atomic E-state index is 12.9. The molecule has 2 aromatic heterocycles. The van der Waals surface area contributed by atoms with Crippen LogP contribution >= 0.6 is 0 Å². The number of sulfonamides is 1. The molecule has 0 fully saturated rings. The molecule has 35 heavy (non-hydrogen) atoms. The van der Waals surface area contributed by atoms with Crippen molar-refractivity contribution in [2.75, 3.05) is 24.7 Å². The highest BCUT2D eigenvalue weighted by Gasteiger charge is 2.28. The molecule has 0 spiro atoms. The zero-order chi connectivity index (χ0) is 25.2. The molecule has 0 aliphatic carbocycles. The maximum absolute atomic E-state index is 12.9. The van der Waals surface area contributed by atoms with Crippen molar-refractivity contribution >= 4 is 27.6 Å². The Hall–Kier alpha value is -4.35. The first-order valence-corrected chi connectivity index (χ1v) is 11.7. The summed E-state index contributed by atoms with van der Waals surface area (Å²) in [5.74, 6) is -0.500. The fourth-order valence-corrected chi connectivity index (χ4v) is 4.26. The molecule has 3 aromatic rings. The Balaban J connectivity index is 1.80. The Labute approximate surface area is 199 Å². The van der Waals surface area contributed by atoms with Gasteiger partial charge in [-0.2, -0.15) is 0 Å². The first-order valence-electron chi connectivity index (χ1n) is 10.0. The van der Waals surface area contributed by atoms with Gasteiger partial charge < -0.3 is 24.2 Å². The molecule has 13 nitrogen and oxygen atoms in total. The number of aryl methyl sites for hydroxylation is 1. The van der Waals surface area contributed by atoms with Crippen LogP contribution in [0.5, 0.6) is 11.5 Å². The van der Waals surface area contributed by atoms with Gasteiger partial charge in [-0.3, -0.25) is 9.29 Å². The monoisotopic (exact) mass is 500 g/mol. The molecule has 4 rings (SSSR count). The minimum Gasteiger partial charge on any atom is -0.506 e. The van der Waals surface area contributed by atoms with Crippen LogP contribution in [-0.4, -0.2) is 64.4 Å². The standard InChI is InChI=1S/C21H20N6O7S/c1-12-10-14(25-34-12)16(29)11-35(30,31)26-21-24-23-20(13-6-4-9-18(22-13)33-3)27(21)19-15(28)7-5-8-17(19)32-2/h5,7-10,16,28-29H,11H2,1-3H3,(H,24,26)/t16-/m1/s1. The van der Waals surface area contributed by atoms with Crippen LogP contribution in [0.3, 0.4) is 0 Å². The van der Waals surface area contributed by atoms with Crippen molar-refractivity contribution in [1.82, 2.24) is 19.9 Å². The summed E-state index contributed by atoms with van der Waals surface area (Å²) in [4.78, 5) is 4.24. The molecule has 182 valence electrons. The lowest BCUT2D eigenvalue weighted by Gasteiger charge is -2.16. The lowest BCUT2D eigenvalue weighted by Crippen LogP contribution is -2.24. The van der Waals surface area contributed by atoms with Crippen molar-refractivity contribution in [3.8, 4) is 17.2 Å². The van der Waals surface area contributed by atoms with Crippen LogP contribution < -0.4 is 9.46 Å². The Morgan fingerprint density at radius 2 is 2.06 bits per heavy atom. The summed E-state index contributed by atoms with van der Waals surface area (Å²) in [7, 11) is -1.41. The molecule has 3 heterocycles. The largest absolute Gasteiger partial charge is 0.506 e. The number of aromatic hydroxyl groups is 1.